The molecule has 1 aliphatic rings. The first-order valence-electron chi connectivity index (χ1n) is 4.70. The number of ether oxygens (including phenoxy) is 2. The predicted octanol–water partition coefficient (Wildman–Crippen LogP) is 1.75. The summed E-state index contributed by atoms with van der Waals surface area (Å²) in [6, 6.07) is 3.04. The van der Waals surface area contributed by atoms with E-state index in [9.17, 15) is 13.6 Å². The molecular formula is C11H10F2O3. The minimum Gasteiger partial charge on any atom is -0.467 e. The van der Waals surface area contributed by atoms with Crippen molar-refractivity contribution in [2.75, 3.05) is 7.11 Å². The van der Waals surface area contributed by atoms with Gasteiger partial charge in [-0.25, -0.2) is 13.6 Å². The molecule has 2 unspecified atom stereocenters. The van der Waals surface area contributed by atoms with Crippen LogP contribution in [0.15, 0.2) is 18.2 Å². The summed E-state index contributed by atoms with van der Waals surface area (Å²) >= 11 is 0. The minimum atomic E-state index is -1.13. The number of carbonyl (C=O) groups is 1. The van der Waals surface area contributed by atoms with Crippen LogP contribution < -0.4 is 0 Å². The van der Waals surface area contributed by atoms with E-state index in [2.05, 4.69) is 4.74 Å². The molecule has 0 amide bonds. The number of hydrogen-bond donors (Lipinski definition) is 0. The highest BCUT2D eigenvalue weighted by Gasteiger charge is 2.60. The van der Waals surface area contributed by atoms with Crippen LogP contribution in [0.2, 0.25) is 0 Å². The van der Waals surface area contributed by atoms with Crippen molar-refractivity contribution in [2.24, 2.45) is 0 Å². The molecule has 0 aromatic heterocycles. The van der Waals surface area contributed by atoms with Crippen LogP contribution in [0.3, 0.4) is 0 Å². The molecule has 2 atom stereocenters. The predicted molar refractivity (Wildman–Crippen MR) is 50.6 cm³/mol. The van der Waals surface area contributed by atoms with Crippen LogP contribution in [0.1, 0.15) is 12.5 Å². The highest BCUT2D eigenvalue weighted by molar-refractivity contribution is 5.79. The fourth-order valence-corrected chi connectivity index (χ4v) is 1.67. The molecule has 0 saturated carbocycles. The van der Waals surface area contributed by atoms with Gasteiger partial charge in [0, 0.05) is 5.56 Å². The molecule has 1 aromatic carbocycles. The summed E-state index contributed by atoms with van der Waals surface area (Å²) in [5.74, 6) is -1.77. The van der Waals surface area contributed by atoms with E-state index in [-0.39, 0.29) is 5.56 Å². The van der Waals surface area contributed by atoms with Crippen molar-refractivity contribution in [1.29, 1.82) is 0 Å². The maximum Gasteiger partial charge on any atom is 0.338 e. The molecule has 1 saturated heterocycles. The van der Waals surface area contributed by atoms with Gasteiger partial charge in [0.15, 0.2) is 6.10 Å². The van der Waals surface area contributed by atoms with Gasteiger partial charge in [0.05, 0.1) is 7.11 Å². The van der Waals surface area contributed by atoms with Gasteiger partial charge in [0.25, 0.3) is 0 Å². The van der Waals surface area contributed by atoms with Gasteiger partial charge in [0.1, 0.15) is 17.2 Å². The summed E-state index contributed by atoms with van der Waals surface area (Å²) in [6.07, 6.45) is -0.867. The van der Waals surface area contributed by atoms with Crippen LogP contribution in [0.5, 0.6) is 0 Å². The Balaban J connectivity index is 2.33. The Kier molecular flexibility index (Phi) is 2.42. The highest BCUT2D eigenvalue weighted by Crippen LogP contribution is 2.47. The lowest BCUT2D eigenvalue weighted by molar-refractivity contribution is -0.142. The zero-order valence-electron chi connectivity index (χ0n) is 8.79. The summed E-state index contributed by atoms with van der Waals surface area (Å²) < 4.78 is 36.0. The van der Waals surface area contributed by atoms with Gasteiger partial charge in [-0.15, -0.1) is 0 Å². The van der Waals surface area contributed by atoms with Crippen molar-refractivity contribution in [3.8, 4) is 0 Å². The van der Waals surface area contributed by atoms with Gasteiger partial charge < -0.3 is 9.47 Å². The lowest BCUT2D eigenvalue weighted by Gasteiger charge is -2.07. The van der Waals surface area contributed by atoms with E-state index in [0.717, 1.165) is 18.2 Å². The largest absolute Gasteiger partial charge is 0.467 e. The van der Waals surface area contributed by atoms with Crippen LogP contribution in [-0.2, 0) is 19.9 Å². The molecule has 0 spiro atoms. The molecule has 86 valence electrons. The Bertz CT molecular complexity index is 447. The number of carbonyl (C=O) groups excluding carboxylic acids is 1. The zero-order valence-corrected chi connectivity index (χ0v) is 8.79. The van der Waals surface area contributed by atoms with Gasteiger partial charge in [0.2, 0.25) is 0 Å². The SMILES string of the molecule is COC(=O)C1OC1(C)c1cc(F)ccc1F. The van der Waals surface area contributed by atoms with Crippen LogP contribution in [0.4, 0.5) is 8.78 Å². The molecule has 2 rings (SSSR count). The van der Waals surface area contributed by atoms with Crippen molar-refractivity contribution < 1.29 is 23.0 Å². The average Bonchev–Trinajstić information content (AvgIpc) is 2.94. The third-order valence-corrected chi connectivity index (χ3v) is 2.68. The molecule has 5 heteroatoms. The molecular weight excluding hydrogens is 218 g/mol. The van der Waals surface area contributed by atoms with Gasteiger partial charge in [-0.05, 0) is 25.1 Å². The van der Waals surface area contributed by atoms with E-state index >= 15 is 0 Å². The number of esters is 1. The summed E-state index contributed by atoms with van der Waals surface area (Å²) in [6.45, 7) is 1.52. The Labute approximate surface area is 91.0 Å². The third-order valence-electron chi connectivity index (χ3n) is 2.68. The number of halogens is 2. The normalized spacial score (nSPS) is 27.6. The number of epoxide rings is 1. The Morgan fingerprint density at radius 2 is 2.19 bits per heavy atom. The molecule has 0 bridgehead atoms. The van der Waals surface area contributed by atoms with E-state index in [1.165, 1.54) is 14.0 Å². The topological polar surface area (TPSA) is 38.8 Å². The Hall–Kier alpha value is -1.49. The quantitative estimate of drug-likeness (QED) is 0.571. The maximum atomic E-state index is 13.4. The standard InChI is InChI=1S/C11H10F2O3/c1-11(9(16-11)10(14)15-2)7-5-6(12)3-4-8(7)13/h3-5,9H,1-2H3. The molecule has 1 heterocycles. The first-order chi connectivity index (χ1) is 7.49. The summed E-state index contributed by atoms with van der Waals surface area (Å²) in [7, 11) is 1.21. The van der Waals surface area contributed by atoms with Crippen molar-refractivity contribution in [3.05, 3.63) is 35.4 Å². The fourth-order valence-electron chi connectivity index (χ4n) is 1.67. The molecule has 16 heavy (non-hydrogen) atoms. The molecule has 3 nitrogen and oxygen atoms in total. The van der Waals surface area contributed by atoms with Crippen molar-refractivity contribution in [1.82, 2.24) is 0 Å². The molecule has 0 aliphatic carbocycles. The van der Waals surface area contributed by atoms with E-state index < -0.39 is 29.3 Å². The van der Waals surface area contributed by atoms with Crippen LogP contribution in [0, 0.1) is 11.6 Å². The molecule has 0 N–H and O–H groups in total. The number of hydrogen-bond acceptors (Lipinski definition) is 3. The Morgan fingerprint density at radius 3 is 2.81 bits per heavy atom. The zero-order chi connectivity index (χ0) is 11.9. The number of benzene rings is 1. The van der Waals surface area contributed by atoms with E-state index in [1.807, 2.05) is 0 Å². The first-order valence-corrected chi connectivity index (χ1v) is 4.70. The number of methoxy groups -OCH3 is 1. The molecule has 0 radical (unpaired) electrons. The van der Waals surface area contributed by atoms with Gasteiger partial charge in [-0.1, -0.05) is 0 Å². The van der Waals surface area contributed by atoms with Crippen LogP contribution in [0.25, 0.3) is 0 Å². The van der Waals surface area contributed by atoms with Gasteiger partial charge >= 0.3 is 5.97 Å². The maximum absolute atomic E-state index is 13.4. The minimum absolute atomic E-state index is 0.0305. The first kappa shape index (κ1) is 11.0. The van der Waals surface area contributed by atoms with Crippen molar-refractivity contribution in [3.63, 3.8) is 0 Å². The highest BCUT2D eigenvalue weighted by atomic mass is 19.1. The second-order valence-electron chi connectivity index (χ2n) is 3.75. The van der Waals surface area contributed by atoms with Crippen LogP contribution in [-0.4, -0.2) is 19.2 Å². The lowest BCUT2D eigenvalue weighted by Crippen LogP contribution is -2.18. The molecule has 1 aliphatic heterocycles. The second-order valence-corrected chi connectivity index (χ2v) is 3.75. The summed E-state index contributed by atoms with van der Waals surface area (Å²) in [5, 5.41) is 0. The van der Waals surface area contributed by atoms with Gasteiger partial charge in [-0.3, -0.25) is 0 Å². The monoisotopic (exact) mass is 228 g/mol. The lowest BCUT2D eigenvalue weighted by atomic mass is 9.96. The molecule has 1 aromatic rings. The van der Waals surface area contributed by atoms with E-state index in [4.69, 9.17) is 4.74 Å². The average molecular weight is 228 g/mol. The van der Waals surface area contributed by atoms with E-state index in [1.54, 1.807) is 0 Å². The summed E-state index contributed by atoms with van der Waals surface area (Å²) in [5.41, 5.74) is -1.10. The summed E-state index contributed by atoms with van der Waals surface area (Å²) in [4.78, 5) is 11.2. The fraction of sp³-hybridized carbons (Fsp3) is 0.364. The van der Waals surface area contributed by atoms with Crippen molar-refractivity contribution >= 4 is 5.97 Å². The smallest absolute Gasteiger partial charge is 0.338 e. The van der Waals surface area contributed by atoms with E-state index in [0.29, 0.717) is 0 Å². The second kappa shape index (κ2) is 3.52. The third kappa shape index (κ3) is 1.57. The van der Waals surface area contributed by atoms with Crippen LogP contribution >= 0.6 is 0 Å². The number of rotatable bonds is 2. The molecule has 1 fully saturated rings. The Morgan fingerprint density at radius 1 is 1.50 bits per heavy atom. The van der Waals surface area contributed by atoms with Crippen molar-refractivity contribution in [2.45, 2.75) is 18.6 Å². The van der Waals surface area contributed by atoms with Gasteiger partial charge in [-0.2, -0.15) is 0 Å².